The molecule has 0 fully saturated rings. The molecule has 7 aromatic carbocycles. The normalized spacial score (nSPS) is 12.0. The molecule has 0 amide bonds. The van der Waals surface area contributed by atoms with Crippen molar-refractivity contribution in [3.8, 4) is 56.4 Å². The second-order valence-electron chi connectivity index (χ2n) is 11.9. The average Bonchev–Trinajstić information content (AvgIpc) is 3.21. The number of aromatic nitrogens is 3. The molecule has 0 saturated carbocycles. The molecule has 0 bridgehead atoms. The monoisotopic (exact) mass is 988 g/mol. The van der Waals surface area contributed by atoms with Crippen LogP contribution in [0.3, 0.4) is 0 Å². The number of fused-ring (bicyclic) bond motifs is 2. The van der Waals surface area contributed by atoms with Crippen LogP contribution >= 0.6 is 20.7 Å². The summed E-state index contributed by atoms with van der Waals surface area (Å²) in [5, 5.41) is 3.36. The zero-order valence-corrected chi connectivity index (χ0v) is 33.6. The third kappa shape index (κ3) is 6.92. The molecule has 9 rings (SSSR count). The average molecular weight is 989 g/mol. The van der Waals surface area contributed by atoms with Crippen LogP contribution in [0.1, 0.15) is 5.56 Å². The molecule has 4 nitrogen and oxygen atoms in total. The number of benzene rings is 7. The second-order valence-corrected chi connectivity index (χ2v) is 14.7. The van der Waals surface area contributed by atoms with Crippen LogP contribution in [0.25, 0.3) is 70.8 Å². The maximum absolute atomic E-state index is 5.02. The van der Waals surface area contributed by atoms with Gasteiger partial charge in [-0.05, 0) is 36.8 Å². The molecule has 1 aromatic heterocycles. The maximum Gasteiger partial charge on any atom is 2.00 e. The van der Waals surface area contributed by atoms with Gasteiger partial charge in [0.2, 0.25) is 0 Å². The Hall–Kier alpha value is -4.87. The van der Waals surface area contributed by atoms with E-state index < -0.39 is 20.7 Å². The van der Waals surface area contributed by atoms with Crippen molar-refractivity contribution in [2.24, 2.45) is 4.99 Å². The molecule has 0 aliphatic carbocycles. The van der Waals surface area contributed by atoms with Crippen molar-refractivity contribution in [2.45, 2.75) is 0 Å². The number of hydrogen-bond acceptors (Lipinski definition) is 4. The summed E-state index contributed by atoms with van der Waals surface area (Å²) in [6.45, 7) is 0. The first-order valence-electron chi connectivity index (χ1n) is 16.4. The molecule has 1 aliphatic heterocycles. The summed E-state index contributed by atoms with van der Waals surface area (Å²) < 4.78 is 2.48. The van der Waals surface area contributed by atoms with Crippen LogP contribution in [0.15, 0.2) is 169 Å². The SMILES string of the molecule is [C-]1=C(c2[c-]ccc3cc(-c4cccc(-c5nc(-c6ccccc6)nc(-c6ccc(-c7ccccc7)cc6)n5)c4)ccc23)I=c2ccccc2=N1.[U+2]. The van der Waals surface area contributed by atoms with Crippen molar-refractivity contribution in [2.75, 3.05) is 0 Å². The van der Waals surface area contributed by atoms with E-state index in [2.05, 4.69) is 133 Å². The van der Waals surface area contributed by atoms with Gasteiger partial charge in [-0.2, -0.15) is 35.8 Å². The van der Waals surface area contributed by atoms with Crippen molar-refractivity contribution in [1.82, 2.24) is 15.0 Å². The molecule has 0 spiro atoms. The van der Waals surface area contributed by atoms with Crippen LogP contribution in [-0.4, -0.2) is 15.0 Å². The fraction of sp³-hybridized carbons (Fsp3) is 0. The Balaban J connectivity index is 0.00000374. The number of nitrogens with zero attached hydrogens (tertiary/aromatic N) is 4. The molecule has 8 aromatic rings. The molecule has 6 heteroatoms. The number of rotatable bonds is 6. The van der Waals surface area contributed by atoms with E-state index in [1.165, 1.54) is 8.72 Å². The van der Waals surface area contributed by atoms with Crippen molar-refractivity contribution >= 4 is 35.1 Å². The molecule has 238 valence electrons. The first kappa shape index (κ1) is 33.3. The van der Waals surface area contributed by atoms with Crippen LogP contribution in [0.4, 0.5) is 0 Å². The van der Waals surface area contributed by atoms with Crippen LogP contribution in [0.5, 0.6) is 0 Å². The summed E-state index contributed by atoms with van der Waals surface area (Å²) in [5.74, 6) is 1.91. The van der Waals surface area contributed by atoms with Crippen LogP contribution in [-0.2, 0) is 0 Å². The van der Waals surface area contributed by atoms with Crippen LogP contribution in [0.2, 0.25) is 0 Å². The summed E-state index contributed by atoms with van der Waals surface area (Å²) in [5.41, 5.74) is 8.44. The topological polar surface area (TPSA) is 51.0 Å². The van der Waals surface area contributed by atoms with Gasteiger partial charge in [0.15, 0.2) is 17.5 Å². The maximum atomic E-state index is 5.02. The standard InChI is InChI=1S/C45H27IN4.U/c1-3-11-30(12-4-1)31-21-23-33(24-22-31)44-48-43(32-13-5-2-6-14-32)49-45(50-44)37-17-9-15-34(28-37)35-25-26-38-36(27-35)16-10-18-39(38)41-29-47-42-20-8-7-19-40(42)46-41;/h1-17,19-28H;/q-2;+2. The Labute approximate surface area is 329 Å². The zero-order chi connectivity index (χ0) is 33.3. The Bertz CT molecular complexity index is 2690. The smallest absolute Gasteiger partial charge is 0.394 e. The van der Waals surface area contributed by atoms with Gasteiger partial charge in [0.05, 0.1) is 0 Å². The Morgan fingerprint density at radius 3 is 1.76 bits per heavy atom. The van der Waals surface area contributed by atoms with Gasteiger partial charge in [0, 0.05) is 16.7 Å². The van der Waals surface area contributed by atoms with Gasteiger partial charge >= 0.3 is 31.1 Å². The van der Waals surface area contributed by atoms with E-state index >= 15 is 0 Å². The summed E-state index contributed by atoms with van der Waals surface area (Å²) in [7, 11) is 0. The number of para-hydroxylation sites is 1. The third-order valence-electron chi connectivity index (χ3n) is 8.73. The van der Waals surface area contributed by atoms with E-state index in [0.29, 0.717) is 17.5 Å². The molecule has 1 aliphatic rings. The molecule has 0 radical (unpaired) electrons. The molecule has 51 heavy (non-hydrogen) atoms. The minimum atomic E-state index is -0.399. The zero-order valence-electron chi connectivity index (χ0n) is 27.3. The van der Waals surface area contributed by atoms with Gasteiger partial charge in [0.25, 0.3) is 0 Å². The molecular formula is C45H27IN4U. The molecular weight excluding hydrogens is 961 g/mol. The van der Waals surface area contributed by atoms with Gasteiger partial charge in [-0.25, -0.2) is 26.6 Å². The second kappa shape index (κ2) is 14.8. The van der Waals surface area contributed by atoms with Gasteiger partial charge in [-0.1, -0.05) is 140 Å². The number of hydrogen-bond donors (Lipinski definition) is 0. The summed E-state index contributed by atoms with van der Waals surface area (Å²) in [4.78, 5) is 19.6. The minimum Gasteiger partial charge on any atom is -0.394 e. The fourth-order valence-electron chi connectivity index (χ4n) is 6.17. The predicted octanol–water partition coefficient (Wildman–Crippen LogP) is 10.8. The van der Waals surface area contributed by atoms with E-state index in [1.54, 1.807) is 0 Å². The van der Waals surface area contributed by atoms with Gasteiger partial charge < -0.3 is 4.99 Å². The first-order valence-corrected chi connectivity index (χ1v) is 18.5. The van der Waals surface area contributed by atoms with E-state index in [1.807, 2.05) is 48.5 Å². The van der Waals surface area contributed by atoms with Gasteiger partial charge in [-0.3, -0.25) is 0 Å². The van der Waals surface area contributed by atoms with Gasteiger partial charge in [-0.15, -0.1) is 23.7 Å². The Morgan fingerprint density at radius 1 is 0.451 bits per heavy atom. The number of halogens is 1. The largest absolute Gasteiger partial charge is 2.00 e. The Morgan fingerprint density at radius 2 is 1.00 bits per heavy atom. The third-order valence-corrected chi connectivity index (χ3v) is 11.5. The quantitative estimate of drug-likeness (QED) is 0.123. The van der Waals surface area contributed by atoms with E-state index in [9.17, 15) is 0 Å². The summed E-state index contributed by atoms with van der Waals surface area (Å²) >= 11 is -0.399. The van der Waals surface area contributed by atoms with E-state index in [0.717, 1.165) is 58.7 Å². The van der Waals surface area contributed by atoms with Crippen LogP contribution in [0, 0.1) is 46.5 Å². The Kier molecular flexibility index (Phi) is 9.64. The van der Waals surface area contributed by atoms with Crippen molar-refractivity contribution in [3.63, 3.8) is 0 Å². The van der Waals surface area contributed by atoms with Crippen molar-refractivity contribution < 1.29 is 31.1 Å². The minimum absolute atomic E-state index is 0. The fourth-order valence-corrected chi connectivity index (χ4v) is 8.67. The van der Waals surface area contributed by atoms with Crippen molar-refractivity contribution in [1.29, 1.82) is 0 Å². The van der Waals surface area contributed by atoms with Crippen LogP contribution < -0.4 is 5.36 Å². The van der Waals surface area contributed by atoms with E-state index in [4.69, 9.17) is 15.0 Å². The molecule has 0 saturated heterocycles. The first-order chi connectivity index (χ1) is 24.7. The van der Waals surface area contributed by atoms with Gasteiger partial charge in [0.1, 0.15) is 0 Å². The molecule has 0 unspecified atom stereocenters. The molecule has 0 N–H and O–H groups in total. The molecule has 2 heterocycles. The molecule has 0 atom stereocenters. The summed E-state index contributed by atoms with van der Waals surface area (Å²) in [6.07, 6.45) is 3.34. The van der Waals surface area contributed by atoms with E-state index in [-0.39, 0.29) is 31.1 Å². The predicted molar refractivity (Wildman–Crippen MR) is 210 cm³/mol. The summed E-state index contributed by atoms with van der Waals surface area (Å²) in [6, 6.07) is 60.0. The van der Waals surface area contributed by atoms with Crippen molar-refractivity contribution in [3.05, 3.63) is 190 Å².